The predicted molar refractivity (Wildman–Crippen MR) is 62.4 cm³/mol. The summed E-state index contributed by atoms with van der Waals surface area (Å²) in [5, 5.41) is 10.0. The normalized spacial score (nSPS) is 17.6. The molecule has 6 heteroatoms. The molecule has 0 heterocycles. The van der Waals surface area contributed by atoms with Crippen LogP contribution in [0.3, 0.4) is 0 Å². The van der Waals surface area contributed by atoms with Crippen LogP contribution in [-0.2, 0) is 23.0 Å². The molecule has 0 fully saturated rings. The first-order valence-corrected chi connectivity index (χ1v) is 6.23. The summed E-state index contributed by atoms with van der Waals surface area (Å²) in [5.74, 6) is -0.602. The van der Waals surface area contributed by atoms with Crippen molar-refractivity contribution in [3.05, 3.63) is 35.4 Å². The van der Waals surface area contributed by atoms with Crippen LogP contribution in [0.2, 0.25) is 0 Å². The van der Waals surface area contributed by atoms with Gasteiger partial charge in [-0.3, -0.25) is 4.55 Å². The van der Waals surface area contributed by atoms with Crippen LogP contribution in [0.5, 0.6) is 0 Å². The average Bonchev–Trinajstić information content (AvgIpc) is 2.35. The molecule has 0 spiro atoms. The van der Waals surface area contributed by atoms with Gasteiger partial charge in [0.2, 0.25) is 0 Å². The average molecular weight is 252 g/mol. The predicted octanol–water partition coefficient (Wildman–Crippen LogP) is -0.244. The summed E-state index contributed by atoms with van der Waals surface area (Å²) >= 11 is 0. The Labute approximate surface area is 117 Å². The van der Waals surface area contributed by atoms with Crippen LogP contribution >= 0.6 is 0 Å². The van der Waals surface area contributed by atoms with Crippen molar-refractivity contribution < 1.29 is 18.1 Å². The van der Waals surface area contributed by atoms with Crippen molar-refractivity contribution in [2.24, 2.45) is 0 Å². The van der Waals surface area contributed by atoms with Gasteiger partial charge < -0.3 is 5.11 Å². The molecule has 0 atom stereocenters. The SMILES string of the molecule is O=S(=O)(O)CC1(O)Cc2ccccc2C1.[NaH]. The summed E-state index contributed by atoms with van der Waals surface area (Å²) in [6.45, 7) is 0. The van der Waals surface area contributed by atoms with Gasteiger partial charge in [-0.25, -0.2) is 0 Å². The van der Waals surface area contributed by atoms with Gasteiger partial charge in [0.1, 0.15) is 5.75 Å². The Kier molecular flexibility index (Phi) is 4.21. The van der Waals surface area contributed by atoms with Crippen LogP contribution in [-0.4, -0.2) is 59.0 Å². The van der Waals surface area contributed by atoms with Crippen LogP contribution in [0.25, 0.3) is 0 Å². The van der Waals surface area contributed by atoms with Crippen molar-refractivity contribution >= 4 is 39.7 Å². The van der Waals surface area contributed by atoms with E-state index in [-0.39, 0.29) is 42.4 Å². The van der Waals surface area contributed by atoms with Gasteiger partial charge in [-0.05, 0) is 11.1 Å². The third kappa shape index (κ3) is 3.29. The first-order valence-electron chi connectivity index (χ1n) is 4.62. The Morgan fingerprint density at radius 1 is 1.19 bits per heavy atom. The van der Waals surface area contributed by atoms with E-state index in [4.69, 9.17) is 4.55 Å². The number of hydrogen-bond acceptors (Lipinski definition) is 3. The quantitative estimate of drug-likeness (QED) is 0.562. The maximum absolute atomic E-state index is 10.7. The molecular weight excluding hydrogens is 239 g/mol. The second-order valence-electron chi connectivity index (χ2n) is 4.07. The third-order valence-corrected chi connectivity index (χ3v) is 3.51. The molecule has 0 aromatic heterocycles. The zero-order valence-corrected chi connectivity index (χ0v) is 8.87. The topological polar surface area (TPSA) is 74.6 Å². The van der Waals surface area contributed by atoms with Crippen LogP contribution in [0.4, 0.5) is 0 Å². The molecule has 0 saturated heterocycles. The molecule has 84 valence electrons. The summed E-state index contributed by atoms with van der Waals surface area (Å²) in [6, 6.07) is 7.41. The Morgan fingerprint density at radius 3 is 2.00 bits per heavy atom. The van der Waals surface area contributed by atoms with E-state index in [2.05, 4.69) is 0 Å². The Bertz CT molecular complexity index is 458. The van der Waals surface area contributed by atoms with E-state index in [1.807, 2.05) is 24.3 Å². The molecule has 2 N–H and O–H groups in total. The number of rotatable bonds is 2. The summed E-state index contributed by atoms with van der Waals surface area (Å²) < 4.78 is 30.2. The summed E-state index contributed by atoms with van der Waals surface area (Å²) in [5.41, 5.74) is 0.546. The fraction of sp³-hybridized carbons (Fsp3) is 0.400. The molecule has 0 bridgehead atoms. The van der Waals surface area contributed by atoms with Crippen molar-refractivity contribution in [3.8, 4) is 0 Å². The van der Waals surface area contributed by atoms with Gasteiger partial charge in [-0.1, -0.05) is 24.3 Å². The fourth-order valence-electron chi connectivity index (χ4n) is 2.12. The Hall–Kier alpha value is 0.0900. The Morgan fingerprint density at radius 2 is 1.62 bits per heavy atom. The van der Waals surface area contributed by atoms with Crippen LogP contribution in [0.1, 0.15) is 11.1 Å². The van der Waals surface area contributed by atoms with Gasteiger partial charge >= 0.3 is 29.6 Å². The first kappa shape index (κ1) is 14.2. The fourth-order valence-corrected chi connectivity index (χ4v) is 3.00. The minimum absolute atomic E-state index is 0. The number of aliphatic hydroxyl groups is 1. The molecule has 1 aromatic carbocycles. The van der Waals surface area contributed by atoms with E-state index in [0.717, 1.165) is 11.1 Å². The second kappa shape index (κ2) is 4.76. The molecular formula is C10H13NaO4S. The third-order valence-electron chi connectivity index (χ3n) is 2.61. The van der Waals surface area contributed by atoms with E-state index in [1.165, 1.54) is 0 Å². The molecule has 2 rings (SSSR count). The maximum atomic E-state index is 10.7. The van der Waals surface area contributed by atoms with E-state index < -0.39 is 21.5 Å². The second-order valence-corrected chi connectivity index (χ2v) is 5.53. The van der Waals surface area contributed by atoms with Crippen molar-refractivity contribution in [3.63, 3.8) is 0 Å². The minimum atomic E-state index is -4.13. The van der Waals surface area contributed by atoms with E-state index >= 15 is 0 Å². The van der Waals surface area contributed by atoms with Crippen LogP contribution in [0, 0.1) is 0 Å². The molecule has 16 heavy (non-hydrogen) atoms. The Balaban J connectivity index is 0.00000128. The van der Waals surface area contributed by atoms with Crippen molar-refractivity contribution in [2.45, 2.75) is 18.4 Å². The standard InChI is InChI=1S/C10H12O4S.Na.H/c11-10(7-15(12,13)14)5-8-3-1-2-4-9(8)6-10;;/h1-4,11H,5-7H2,(H,12,13,14);;. The number of benzene rings is 1. The van der Waals surface area contributed by atoms with Crippen molar-refractivity contribution in [1.82, 2.24) is 0 Å². The summed E-state index contributed by atoms with van der Waals surface area (Å²) in [6.07, 6.45) is 0.561. The molecule has 0 radical (unpaired) electrons. The number of fused-ring (bicyclic) bond motifs is 1. The summed E-state index contributed by atoms with van der Waals surface area (Å²) in [4.78, 5) is 0. The zero-order valence-electron chi connectivity index (χ0n) is 8.05. The van der Waals surface area contributed by atoms with E-state index in [0.29, 0.717) is 0 Å². The van der Waals surface area contributed by atoms with Gasteiger partial charge in [-0.15, -0.1) is 0 Å². The van der Waals surface area contributed by atoms with Gasteiger partial charge in [0.15, 0.2) is 0 Å². The molecule has 0 aliphatic heterocycles. The van der Waals surface area contributed by atoms with Gasteiger partial charge in [-0.2, -0.15) is 8.42 Å². The van der Waals surface area contributed by atoms with E-state index in [9.17, 15) is 13.5 Å². The van der Waals surface area contributed by atoms with Crippen LogP contribution in [0.15, 0.2) is 24.3 Å². The monoisotopic (exact) mass is 252 g/mol. The van der Waals surface area contributed by atoms with Gasteiger partial charge in [0.05, 0.1) is 5.60 Å². The van der Waals surface area contributed by atoms with Crippen molar-refractivity contribution in [1.29, 1.82) is 0 Å². The van der Waals surface area contributed by atoms with Gasteiger partial charge in [0.25, 0.3) is 10.1 Å². The number of hydrogen-bond donors (Lipinski definition) is 2. The summed E-state index contributed by atoms with van der Waals surface area (Å²) in [7, 11) is -4.13. The first-order chi connectivity index (χ1) is 6.88. The van der Waals surface area contributed by atoms with Gasteiger partial charge in [0, 0.05) is 12.8 Å². The molecule has 0 saturated carbocycles. The molecule has 4 nitrogen and oxygen atoms in total. The zero-order chi connectivity index (χ0) is 11.1. The molecule has 0 amide bonds. The van der Waals surface area contributed by atoms with Crippen LogP contribution < -0.4 is 0 Å². The molecule has 0 unspecified atom stereocenters. The van der Waals surface area contributed by atoms with Crippen molar-refractivity contribution in [2.75, 3.05) is 5.75 Å². The molecule has 1 aromatic rings. The molecule has 1 aliphatic carbocycles. The molecule has 1 aliphatic rings. The van der Waals surface area contributed by atoms with E-state index in [1.54, 1.807) is 0 Å².